The molecule has 1 N–H and O–H groups in total. The average molecular weight is 353 g/mol. The summed E-state index contributed by atoms with van der Waals surface area (Å²) in [5, 5.41) is 11.0. The lowest BCUT2D eigenvalue weighted by molar-refractivity contribution is 0.0952. The van der Waals surface area contributed by atoms with E-state index < -0.39 is 0 Å². The molecule has 0 aliphatic heterocycles. The molecule has 0 saturated heterocycles. The molecule has 0 unspecified atom stereocenters. The van der Waals surface area contributed by atoms with Crippen LogP contribution in [-0.4, -0.2) is 51.1 Å². The highest BCUT2D eigenvalue weighted by Crippen LogP contribution is 2.13. The van der Waals surface area contributed by atoms with Crippen LogP contribution in [0.5, 0.6) is 0 Å². The second-order valence-electron chi connectivity index (χ2n) is 5.79. The fourth-order valence-corrected chi connectivity index (χ4v) is 2.35. The molecule has 2 aromatic heterocycles. The zero-order chi connectivity index (χ0) is 18.5. The smallest absolute Gasteiger partial charge is 0.266 e. The number of hydrogen-bond acceptors (Lipinski definition) is 6. The molecule has 26 heavy (non-hydrogen) atoms. The fourth-order valence-electron chi connectivity index (χ4n) is 2.35. The molecule has 1 aromatic carbocycles. The Kier molecular flexibility index (Phi) is 5.07. The highest BCUT2D eigenvalue weighted by molar-refractivity contribution is 5.95. The molecule has 0 atom stereocenters. The predicted molar refractivity (Wildman–Crippen MR) is 96.5 cm³/mol. The Morgan fingerprint density at radius 3 is 2.81 bits per heavy atom. The van der Waals surface area contributed by atoms with Gasteiger partial charge in [0.25, 0.3) is 11.5 Å². The Balaban J connectivity index is 1.65. The van der Waals surface area contributed by atoms with E-state index in [1.807, 2.05) is 37.2 Å². The van der Waals surface area contributed by atoms with E-state index in [1.165, 1.54) is 28.1 Å². The first kappa shape index (κ1) is 17.3. The van der Waals surface area contributed by atoms with E-state index in [0.717, 1.165) is 5.69 Å². The second-order valence-corrected chi connectivity index (χ2v) is 5.79. The van der Waals surface area contributed by atoms with Gasteiger partial charge in [0.15, 0.2) is 5.82 Å². The Labute approximate surface area is 149 Å². The highest BCUT2D eigenvalue weighted by atomic mass is 16.2. The van der Waals surface area contributed by atoms with Crippen molar-refractivity contribution in [2.24, 2.45) is 0 Å². The quantitative estimate of drug-likeness (QED) is 0.685. The highest BCUT2D eigenvalue weighted by Gasteiger charge is 2.08. The number of aromatic nitrogens is 5. The van der Waals surface area contributed by atoms with Crippen molar-refractivity contribution in [3.8, 4) is 5.82 Å². The van der Waals surface area contributed by atoms with Crippen molar-refractivity contribution in [1.82, 2.24) is 29.9 Å². The molecule has 0 fully saturated rings. The number of amides is 1. The van der Waals surface area contributed by atoms with Gasteiger partial charge >= 0.3 is 0 Å². The zero-order valence-corrected chi connectivity index (χ0v) is 14.5. The maximum absolute atomic E-state index is 12.3. The largest absolute Gasteiger partial charge is 0.378 e. The number of anilines is 1. The van der Waals surface area contributed by atoms with Crippen LogP contribution in [0.1, 0.15) is 10.4 Å². The summed E-state index contributed by atoms with van der Waals surface area (Å²) in [5.74, 6) is 0.279. The Morgan fingerprint density at radius 1 is 1.23 bits per heavy atom. The zero-order valence-electron chi connectivity index (χ0n) is 14.5. The number of carbonyl (C=O) groups is 1. The van der Waals surface area contributed by atoms with Crippen molar-refractivity contribution in [3.05, 3.63) is 65.0 Å². The van der Waals surface area contributed by atoms with E-state index >= 15 is 0 Å². The number of benzene rings is 1. The van der Waals surface area contributed by atoms with Crippen LogP contribution in [0.4, 0.5) is 5.69 Å². The SMILES string of the molecule is CN(C)c1cccc(C(=O)NCCn2nc(-n3cncn3)ccc2=O)c1. The van der Waals surface area contributed by atoms with Gasteiger partial charge < -0.3 is 10.2 Å². The summed E-state index contributed by atoms with van der Waals surface area (Å²) in [6, 6.07) is 10.3. The summed E-state index contributed by atoms with van der Waals surface area (Å²) < 4.78 is 2.74. The monoisotopic (exact) mass is 353 g/mol. The Bertz CT molecular complexity index is 948. The van der Waals surface area contributed by atoms with Crippen LogP contribution in [0.25, 0.3) is 5.82 Å². The van der Waals surface area contributed by atoms with E-state index in [4.69, 9.17) is 0 Å². The van der Waals surface area contributed by atoms with Crippen LogP contribution in [0.15, 0.2) is 53.8 Å². The molecule has 0 aliphatic carbocycles. The van der Waals surface area contributed by atoms with Gasteiger partial charge in [0.05, 0.1) is 6.54 Å². The van der Waals surface area contributed by atoms with Gasteiger partial charge in [-0.3, -0.25) is 9.59 Å². The Hall–Kier alpha value is -3.49. The second kappa shape index (κ2) is 7.60. The minimum absolute atomic E-state index is 0.200. The molecule has 0 radical (unpaired) electrons. The maximum Gasteiger partial charge on any atom is 0.266 e. The van der Waals surface area contributed by atoms with Gasteiger partial charge in [-0.1, -0.05) is 6.07 Å². The van der Waals surface area contributed by atoms with Gasteiger partial charge in [-0.05, 0) is 24.3 Å². The van der Waals surface area contributed by atoms with Gasteiger partial charge in [-0.2, -0.15) is 5.10 Å². The minimum atomic E-state index is -0.252. The molecule has 0 bridgehead atoms. The normalized spacial score (nSPS) is 10.5. The van der Waals surface area contributed by atoms with Crippen LogP contribution >= 0.6 is 0 Å². The average Bonchev–Trinajstić information content (AvgIpc) is 3.18. The van der Waals surface area contributed by atoms with E-state index in [1.54, 1.807) is 12.1 Å². The topological polar surface area (TPSA) is 97.9 Å². The van der Waals surface area contributed by atoms with Gasteiger partial charge in [-0.15, -0.1) is 5.10 Å². The minimum Gasteiger partial charge on any atom is -0.378 e. The number of nitrogens with one attached hydrogen (secondary N) is 1. The van der Waals surface area contributed by atoms with Gasteiger partial charge in [-0.25, -0.2) is 14.3 Å². The molecule has 0 spiro atoms. The number of carbonyl (C=O) groups excluding carboxylic acids is 1. The van der Waals surface area contributed by atoms with Crippen molar-refractivity contribution in [2.45, 2.75) is 6.54 Å². The summed E-state index contributed by atoms with van der Waals surface area (Å²) in [6.45, 7) is 0.527. The molecule has 0 aliphatic rings. The molecule has 2 heterocycles. The molecular formula is C17H19N7O2. The summed E-state index contributed by atoms with van der Waals surface area (Å²) in [6.07, 6.45) is 2.88. The molecule has 3 aromatic rings. The molecule has 0 saturated carbocycles. The first-order valence-electron chi connectivity index (χ1n) is 8.03. The summed E-state index contributed by atoms with van der Waals surface area (Å²) >= 11 is 0. The third-order valence-corrected chi connectivity index (χ3v) is 3.74. The van der Waals surface area contributed by atoms with Gasteiger partial charge in [0, 0.05) is 38.0 Å². The van der Waals surface area contributed by atoms with E-state index in [9.17, 15) is 9.59 Å². The lowest BCUT2D eigenvalue weighted by Gasteiger charge is -2.13. The first-order chi connectivity index (χ1) is 12.5. The molecule has 9 heteroatoms. The van der Waals surface area contributed by atoms with E-state index in [2.05, 4.69) is 20.5 Å². The third-order valence-electron chi connectivity index (χ3n) is 3.74. The van der Waals surface area contributed by atoms with Gasteiger partial charge in [0.2, 0.25) is 0 Å². The standard InChI is InChI=1S/C17H19N7O2/c1-22(2)14-5-3-4-13(10-14)17(26)19-8-9-23-16(25)7-6-15(21-23)24-12-18-11-20-24/h3-7,10-12H,8-9H2,1-2H3,(H,19,26). The number of rotatable bonds is 6. The van der Waals surface area contributed by atoms with Crippen molar-refractivity contribution in [2.75, 3.05) is 25.5 Å². The first-order valence-corrected chi connectivity index (χ1v) is 8.03. The lowest BCUT2D eigenvalue weighted by atomic mass is 10.2. The number of nitrogens with zero attached hydrogens (tertiary/aromatic N) is 6. The lowest BCUT2D eigenvalue weighted by Crippen LogP contribution is -2.32. The van der Waals surface area contributed by atoms with Crippen LogP contribution in [0.2, 0.25) is 0 Å². The molecule has 9 nitrogen and oxygen atoms in total. The molecule has 134 valence electrons. The third kappa shape index (κ3) is 3.94. The maximum atomic E-state index is 12.3. The molecular weight excluding hydrogens is 334 g/mol. The van der Waals surface area contributed by atoms with Crippen LogP contribution in [-0.2, 0) is 6.54 Å². The van der Waals surface area contributed by atoms with Crippen LogP contribution in [0.3, 0.4) is 0 Å². The summed E-state index contributed by atoms with van der Waals surface area (Å²) in [5.41, 5.74) is 1.25. The molecule has 3 rings (SSSR count). The van der Waals surface area contributed by atoms with Crippen molar-refractivity contribution >= 4 is 11.6 Å². The van der Waals surface area contributed by atoms with E-state index in [0.29, 0.717) is 11.4 Å². The molecule has 1 amide bonds. The van der Waals surface area contributed by atoms with Crippen molar-refractivity contribution in [3.63, 3.8) is 0 Å². The fraction of sp³-hybridized carbons (Fsp3) is 0.235. The number of hydrogen-bond donors (Lipinski definition) is 1. The van der Waals surface area contributed by atoms with Crippen LogP contribution in [0, 0.1) is 0 Å². The van der Waals surface area contributed by atoms with Crippen molar-refractivity contribution < 1.29 is 4.79 Å². The van der Waals surface area contributed by atoms with Gasteiger partial charge in [0.1, 0.15) is 12.7 Å². The Morgan fingerprint density at radius 2 is 2.08 bits per heavy atom. The summed E-state index contributed by atoms with van der Waals surface area (Å²) in [4.78, 5) is 30.0. The van der Waals surface area contributed by atoms with E-state index in [-0.39, 0.29) is 24.6 Å². The van der Waals surface area contributed by atoms with Crippen LogP contribution < -0.4 is 15.8 Å². The predicted octanol–water partition coefficient (Wildman–Crippen LogP) is 0.320. The van der Waals surface area contributed by atoms with Crippen molar-refractivity contribution in [1.29, 1.82) is 0 Å². The summed E-state index contributed by atoms with van der Waals surface area (Å²) in [7, 11) is 3.83.